The van der Waals surface area contributed by atoms with Crippen molar-refractivity contribution in [1.29, 1.82) is 0 Å². The van der Waals surface area contributed by atoms with Crippen molar-refractivity contribution in [3.63, 3.8) is 0 Å². The minimum absolute atomic E-state index is 0.230. The highest BCUT2D eigenvalue weighted by atomic mass is 16.3. The molecule has 3 rings (SSSR count). The zero-order valence-corrected chi connectivity index (χ0v) is 11.9. The summed E-state index contributed by atoms with van der Waals surface area (Å²) in [7, 11) is 0. The molecule has 104 valence electrons. The molecule has 1 aromatic rings. The van der Waals surface area contributed by atoms with Crippen molar-refractivity contribution in [1.82, 2.24) is 0 Å². The van der Waals surface area contributed by atoms with Crippen LogP contribution in [0.5, 0.6) is 0 Å². The van der Waals surface area contributed by atoms with Crippen LogP contribution in [0, 0.1) is 23.7 Å². The second kappa shape index (κ2) is 4.92. The van der Waals surface area contributed by atoms with Gasteiger partial charge in [0.25, 0.3) is 0 Å². The van der Waals surface area contributed by atoms with Crippen LogP contribution < -0.4 is 5.73 Å². The molecule has 19 heavy (non-hydrogen) atoms. The van der Waals surface area contributed by atoms with E-state index in [1.54, 1.807) is 0 Å². The molecule has 1 saturated carbocycles. The van der Waals surface area contributed by atoms with E-state index in [0.717, 1.165) is 0 Å². The van der Waals surface area contributed by atoms with Crippen molar-refractivity contribution in [3.8, 4) is 0 Å². The van der Waals surface area contributed by atoms with E-state index in [0.29, 0.717) is 30.2 Å². The minimum Gasteiger partial charge on any atom is -0.392 e. The summed E-state index contributed by atoms with van der Waals surface area (Å²) in [4.78, 5) is 0. The molecule has 5 unspecified atom stereocenters. The van der Waals surface area contributed by atoms with Gasteiger partial charge in [0.1, 0.15) is 0 Å². The molecular formula is C17H25NO. The molecule has 1 aromatic carbocycles. The average molecular weight is 259 g/mol. The largest absolute Gasteiger partial charge is 0.392 e. The first-order chi connectivity index (χ1) is 9.15. The number of aliphatic hydroxyl groups is 1. The van der Waals surface area contributed by atoms with E-state index in [-0.39, 0.29) is 12.0 Å². The van der Waals surface area contributed by atoms with E-state index in [1.807, 2.05) is 0 Å². The van der Waals surface area contributed by atoms with Crippen LogP contribution in [0.25, 0.3) is 0 Å². The molecule has 0 heterocycles. The van der Waals surface area contributed by atoms with Gasteiger partial charge in [-0.05, 0) is 60.1 Å². The van der Waals surface area contributed by atoms with Crippen LogP contribution in [0.2, 0.25) is 0 Å². The maximum atomic E-state index is 10.7. The zero-order chi connectivity index (χ0) is 13.6. The molecule has 0 bridgehead atoms. The van der Waals surface area contributed by atoms with E-state index >= 15 is 0 Å². The molecule has 2 aliphatic rings. The molecule has 3 N–H and O–H groups in total. The fourth-order valence-electron chi connectivity index (χ4n) is 4.18. The number of nitrogens with two attached hydrogens (primary N) is 1. The quantitative estimate of drug-likeness (QED) is 0.873. The predicted octanol–water partition coefficient (Wildman–Crippen LogP) is 2.55. The third-order valence-electron chi connectivity index (χ3n) is 5.35. The highest BCUT2D eigenvalue weighted by Gasteiger charge is 2.57. The van der Waals surface area contributed by atoms with Gasteiger partial charge in [-0.2, -0.15) is 0 Å². The van der Waals surface area contributed by atoms with E-state index < -0.39 is 0 Å². The molecule has 5 atom stereocenters. The normalized spacial score (nSPS) is 31.5. The van der Waals surface area contributed by atoms with Crippen molar-refractivity contribution in [2.24, 2.45) is 29.4 Å². The number of aliphatic hydroxyl groups excluding tert-OH is 1. The first kappa shape index (κ1) is 13.1. The Labute approximate surface area is 116 Å². The number of aryl methyl sites for hydroxylation is 1. The number of hydrogen-bond acceptors (Lipinski definition) is 2. The predicted molar refractivity (Wildman–Crippen MR) is 77.9 cm³/mol. The van der Waals surface area contributed by atoms with E-state index in [4.69, 9.17) is 5.73 Å². The van der Waals surface area contributed by atoms with Crippen LogP contribution in [0.3, 0.4) is 0 Å². The van der Waals surface area contributed by atoms with Gasteiger partial charge in [-0.3, -0.25) is 0 Å². The molecule has 0 radical (unpaired) electrons. The van der Waals surface area contributed by atoms with Gasteiger partial charge in [-0.15, -0.1) is 0 Å². The van der Waals surface area contributed by atoms with Crippen LogP contribution >= 0.6 is 0 Å². The fraction of sp³-hybridized carbons (Fsp3) is 0.647. The minimum atomic E-state index is -0.230. The first-order valence-electron chi connectivity index (χ1n) is 7.61. The summed E-state index contributed by atoms with van der Waals surface area (Å²) in [6.07, 6.45) is 2.18. The Morgan fingerprint density at radius 2 is 2.05 bits per heavy atom. The molecule has 2 aliphatic carbocycles. The number of benzene rings is 1. The average Bonchev–Trinajstić information content (AvgIpc) is 3.13. The summed E-state index contributed by atoms with van der Waals surface area (Å²) in [5.41, 5.74) is 8.85. The van der Waals surface area contributed by atoms with Gasteiger partial charge in [-0.1, -0.05) is 38.1 Å². The van der Waals surface area contributed by atoms with Gasteiger partial charge in [0.05, 0.1) is 6.10 Å². The Kier molecular flexibility index (Phi) is 3.40. The maximum Gasteiger partial charge on any atom is 0.0619 e. The smallest absolute Gasteiger partial charge is 0.0619 e. The number of hydrogen-bond donors (Lipinski definition) is 2. The van der Waals surface area contributed by atoms with Gasteiger partial charge in [0.2, 0.25) is 0 Å². The molecule has 0 spiro atoms. The fourth-order valence-corrected chi connectivity index (χ4v) is 4.18. The molecule has 0 amide bonds. The summed E-state index contributed by atoms with van der Waals surface area (Å²) in [5, 5.41) is 10.7. The van der Waals surface area contributed by atoms with Crippen LogP contribution in [0.15, 0.2) is 24.3 Å². The summed E-state index contributed by atoms with van der Waals surface area (Å²) in [6, 6.07) is 8.76. The zero-order valence-electron chi connectivity index (χ0n) is 11.9. The third-order valence-corrected chi connectivity index (χ3v) is 5.35. The Hall–Kier alpha value is -0.860. The lowest BCUT2D eigenvalue weighted by Gasteiger charge is -2.25. The third kappa shape index (κ3) is 2.11. The van der Waals surface area contributed by atoms with Crippen LogP contribution in [-0.4, -0.2) is 17.8 Å². The lowest BCUT2D eigenvalue weighted by Crippen LogP contribution is -2.34. The van der Waals surface area contributed by atoms with Gasteiger partial charge in [-0.25, -0.2) is 0 Å². The first-order valence-corrected chi connectivity index (χ1v) is 7.61. The SMILES string of the molecule is CC(C)C(CN)C(O)C1C2CCc3ccccc3C21. The standard InChI is InChI=1S/C17H25NO/c1-10(2)14(9-18)17(19)16-13-8-7-11-5-3-4-6-12(11)15(13)16/h3-6,10,13-17,19H,7-9,18H2,1-2H3. The van der Waals surface area contributed by atoms with Crippen molar-refractivity contribution < 1.29 is 5.11 Å². The summed E-state index contributed by atoms with van der Waals surface area (Å²) in [5.74, 6) is 2.42. The second-order valence-corrected chi connectivity index (χ2v) is 6.64. The molecule has 1 fully saturated rings. The molecule has 0 aliphatic heterocycles. The lowest BCUT2D eigenvalue weighted by molar-refractivity contribution is 0.0606. The summed E-state index contributed by atoms with van der Waals surface area (Å²) < 4.78 is 0. The summed E-state index contributed by atoms with van der Waals surface area (Å²) >= 11 is 0. The molecular weight excluding hydrogens is 234 g/mol. The number of fused-ring (bicyclic) bond motifs is 3. The van der Waals surface area contributed by atoms with Crippen LogP contribution in [-0.2, 0) is 6.42 Å². The van der Waals surface area contributed by atoms with Gasteiger partial charge in [0, 0.05) is 0 Å². The highest BCUT2D eigenvalue weighted by Crippen LogP contribution is 2.62. The summed E-state index contributed by atoms with van der Waals surface area (Å²) in [6.45, 7) is 4.93. The Morgan fingerprint density at radius 1 is 1.32 bits per heavy atom. The Morgan fingerprint density at radius 3 is 2.74 bits per heavy atom. The highest BCUT2D eigenvalue weighted by molar-refractivity contribution is 5.39. The van der Waals surface area contributed by atoms with E-state index in [9.17, 15) is 5.11 Å². The second-order valence-electron chi connectivity index (χ2n) is 6.64. The molecule has 2 heteroatoms. The van der Waals surface area contributed by atoms with E-state index in [2.05, 4.69) is 38.1 Å². The monoisotopic (exact) mass is 259 g/mol. The Balaban J connectivity index is 1.80. The van der Waals surface area contributed by atoms with Crippen LogP contribution in [0.1, 0.15) is 37.3 Å². The van der Waals surface area contributed by atoms with Gasteiger partial charge >= 0.3 is 0 Å². The van der Waals surface area contributed by atoms with Gasteiger partial charge < -0.3 is 10.8 Å². The van der Waals surface area contributed by atoms with Crippen molar-refractivity contribution in [3.05, 3.63) is 35.4 Å². The number of rotatable bonds is 4. The van der Waals surface area contributed by atoms with Crippen molar-refractivity contribution >= 4 is 0 Å². The lowest BCUT2D eigenvalue weighted by atomic mass is 9.86. The van der Waals surface area contributed by atoms with Crippen molar-refractivity contribution in [2.75, 3.05) is 6.54 Å². The molecule has 2 nitrogen and oxygen atoms in total. The van der Waals surface area contributed by atoms with Crippen molar-refractivity contribution in [2.45, 2.75) is 38.7 Å². The molecule has 0 saturated heterocycles. The van der Waals surface area contributed by atoms with E-state index in [1.165, 1.54) is 24.0 Å². The van der Waals surface area contributed by atoms with Crippen LogP contribution in [0.4, 0.5) is 0 Å². The Bertz CT molecular complexity index is 456. The topological polar surface area (TPSA) is 46.2 Å². The maximum absolute atomic E-state index is 10.7. The molecule has 0 aromatic heterocycles. The van der Waals surface area contributed by atoms with Gasteiger partial charge in [0.15, 0.2) is 0 Å².